The maximum Gasteiger partial charge on any atom is 0.307 e. The van der Waals surface area contributed by atoms with Crippen molar-refractivity contribution >= 4 is 21.9 Å². The van der Waals surface area contributed by atoms with Crippen LogP contribution in [0.25, 0.3) is 0 Å². The Hall–Kier alpha value is -1.07. The molecule has 1 aromatic rings. The molecule has 1 aromatic carbocycles. The predicted octanol–water partition coefficient (Wildman–Crippen LogP) is 3.14. The molecule has 1 aliphatic heterocycles. The van der Waals surface area contributed by atoms with Gasteiger partial charge in [-0.3, -0.25) is 9.69 Å². The fraction of sp³-hybridized carbons (Fsp3) is 0.533. The lowest BCUT2D eigenvalue weighted by Gasteiger charge is -2.36. The molecule has 1 aliphatic rings. The zero-order valence-electron chi connectivity index (χ0n) is 11.8. The topological polar surface area (TPSA) is 49.8 Å². The summed E-state index contributed by atoms with van der Waals surface area (Å²) < 4.78 is 6.28. The number of carbonyl (C=O) groups is 1. The summed E-state index contributed by atoms with van der Waals surface area (Å²) in [6, 6.07) is 6.29. The van der Waals surface area contributed by atoms with Gasteiger partial charge in [0.2, 0.25) is 0 Å². The maximum absolute atomic E-state index is 11.2. The SMILES string of the molecule is COc1ccc(Br)c(CN2CC(C(=O)O)CCC2C)c1. The number of piperidine rings is 1. The Kier molecular flexibility index (Phi) is 5.05. The standard InChI is InChI=1S/C15H20BrNO3/c1-10-3-4-11(15(18)19)8-17(10)9-12-7-13(20-2)5-6-14(12)16/h5-7,10-11H,3-4,8-9H2,1-2H3,(H,18,19). The van der Waals surface area contributed by atoms with Gasteiger partial charge in [-0.25, -0.2) is 0 Å². The highest BCUT2D eigenvalue weighted by Gasteiger charge is 2.29. The molecule has 20 heavy (non-hydrogen) atoms. The molecule has 0 aromatic heterocycles. The van der Waals surface area contributed by atoms with Crippen LogP contribution in [0.2, 0.25) is 0 Å². The lowest BCUT2D eigenvalue weighted by Crippen LogP contribution is -2.43. The Bertz CT molecular complexity index is 492. The van der Waals surface area contributed by atoms with Crippen LogP contribution in [-0.4, -0.2) is 35.7 Å². The Morgan fingerprint density at radius 3 is 2.90 bits per heavy atom. The number of likely N-dealkylation sites (tertiary alicyclic amines) is 1. The van der Waals surface area contributed by atoms with E-state index in [1.807, 2.05) is 18.2 Å². The van der Waals surface area contributed by atoms with Gasteiger partial charge in [0.15, 0.2) is 0 Å². The summed E-state index contributed by atoms with van der Waals surface area (Å²) in [5, 5.41) is 9.19. The monoisotopic (exact) mass is 341 g/mol. The van der Waals surface area contributed by atoms with Gasteiger partial charge >= 0.3 is 5.97 Å². The van der Waals surface area contributed by atoms with E-state index in [2.05, 4.69) is 27.8 Å². The van der Waals surface area contributed by atoms with Crippen molar-refractivity contribution in [3.63, 3.8) is 0 Å². The number of rotatable bonds is 4. The minimum absolute atomic E-state index is 0.254. The Labute approximate surface area is 127 Å². The van der Waals surface area contributed by atoms with Crippen LogP contribution in [0, 0.1) is 5.92 Å². The van der Waals surface area contributed by atoms with Crippen LogP contribution >= 0.6 is 15.9 Å². The number of ether oxygens (including phenoxy) is 1. The molecule has 1 N–H and O–H groups in total. The molecule has 0 aliphatic carbocycles. The zero-order valence-corrected chi connectivity index (χ0v) is 13.4. The quantitative estimate of drug-likeness (QED) is 0.913. The van der Waals surface area contributed by atoms with Crippen LogP contribution in [0.1, 0.15) is 25.3 Å². The molecule has 1 heterocycles. The van der Waals surface area contributed by atoms with Crippen LogP contribution in [0.15, 0.2) is 22.7 Å². The molecule has 5 heteroatoms. The number of hydrogen-bond acceptors (Lipinski definition) is 3. The summed E-state index contributed by atoms with van der Waals surface area (Å²) in [7, 11) is 1.65. The molecule has 4 nitrogen and oxygen atoms in total. The molecule has 2 atom stereocenters. The van der Waals surface area contributed by atoms with Crippen molar-refractivity contribution < 1.29 is 14.6 Å². The first kappa shape index (κ1) is 15.3. The molecule has 110 valence electrons. The number of nitrogens with zero attached hydrogens (tertiary/aromatic N) is 1. The fourth-order valence-corrected chi connectivity index (χ4v) is 2.99. The van der Waals surface area contributed by atoms with Crippen LogP contribution in [-0.2, 0) is 11.3 Å². The van der Waals surface area contributed by atoms with Crippen molar-refractivity contribution in [2.75, 3.05) is 13.7 Å². The maximum atomic E-state index is 11.2. The normalized spacial score (nSPS) is 23.6. The van der Waals surface area contributed by atoms with Gasteiger partial charge in [-0.05, 0) is 43.5 Å². The lowest BCUT2D eigenvalue weighted by atomic mass is 9.93. The smallest absolute Gasteiger partial charge is 0.307 e. The van der Waals surface area contributed by atoms with Crippen molar-refractivity contribution in [1.82, 2.24) is 4.90 Å². The first-order valence-electron chi connectivity index (χ1n) is 6.80. The highest BCUT2D eigenvalue weighted by Crippen LogP contribution is 2.28. The zero-order chi connectivity index (χ0) is 14.7. The van der Waals surface area contributed by atoms with E-state index in [9.17, 15) is 9.90 Å². The van der Waals surface area contributed by atoms with Gasteiger partial charge in [-0.1, -0.05) is 15.9 Å². The molecular weight excluding hydrogens is 322 g/mol. The second kappa shape index (κ2) is 6.59. The second-order valence-corrected chi connectivity index (χ2v) is 6.20. The average Bonchev–Trinajstić information content (AvgIpc) is 2.43. The van der Waals surface area contributed by atoms with Crippen molar-refractivity contribution in [3.05, 3.63) is 28.2 Å². The molecular formula is C15H20BrNO3. The molecule has 1 fully saturated rings. The first-order chi connectivity index (χ1) is 9.51. The lowest BCUT2D eigenvalue weighted by molar-refractivity contribution is -0.144. The van der Waals surface area contributed by atoms with Crippen LogP contribution in [0.4, 0.5) is 0 Å². The van der Waals surface area contributed by atoms with Crippen molar-refractivity contribution in [2.45, 2.75) is 32.4 Å². The summed E-state index contributed by atoms with van der Waals surface area (Å²) in [5.41, 5.74) is 1.13. The number of benzene rings is 1. The van der Waals surface area contributed by atoms with E-state index in [1.54, 1.807) is 7.11 Å². The third-order valence-corrected chi connectivity index (χ3v) is 4.76. The van der Waals surface area contributed by atoms with Gasteiger partial charge in [0.25, 0.3) is 0 Å². The van der Waals surface area contributed by atoms with Gasteiger partial charge in [-0.2, -0.15) is 0 Å². The molecule has 0 amide bonds. The molecule has 0 spiro atoms. The number of aliphatic carboxylic acids is 1. The van der Waals surface area contributed by atoms with E-state index in [0.29, 0.717) is 12.6 Å². The minimum atomic E-state index is -0.688. The van der Waals surface area contributed by atoms with Crippen LogP contribution in [0.3, 0.4) is 0 Å². The Morgan fingerprint density at radius 1 is 1.50 bits per heavy atom. The molecule has 0 saturated carbocycles. The summed E-state index contributed by atoms with van der Waals surface area (Å²) in [4.78, 5) is 13.4. The van der Waals surface area contributed by atoms with Gasteiger partial charge < -0.3 is 9.84 Å². The van der Waals surface area contributed by atoms with E-state index in [0.717, 1.165) is 35.2 Å². The average molecular weight is 342 g/mol. The van der Waals surface area contributed by atoms with Crippen LogP contribution < -0.4 is 4.74 Å². The molecule has 0 bridgehead atoms. The first-order valence-corrected chi connectivity index (χ1v) is 7.60. The Morgan fingerprint density at radius 2 is 2.25 bits per heavy atom. The molecule has 2 unspecified atom stereocenters. The number of carboxylic acid groups (broad SMARTS) is 1. The summed E-state index contributed by atoms with van der Waals surface area (Å²) in [6.07, 6.45) is 1.70. The van der Waals surface area contributed by atoms with E-state index in [-0.39, 0.29) is 5.92 Å². The van der Waals surface area contributed by atoms with Gasteiger partial charge in [0.05, 0.1) is 13.0 Å². The van der Waals surface area contributed by atoms with Gasteiger partial charge in [-0.15, -0.1) is 0 Å². The fourth-order valence-electron chi connectivity index (χ4n) is 2.62. The highest BCUT2D eigenvalue weighted by atomic mass is 79.9. The van der Waals surface area contributed by atoms with Crippen molar-refractivity contribution in [3.8, 4) is 5.75 Å². The van der Waals surface area contributed by atoms with Crippen molar-refractivity contribution in [2.24, 2.45) is 5.92 Å². The van der Waals surface area contributed by atoms with Crippen LogP contribution in [0.5, 0.6) is 5.75 Å². The number of methoxy groups -OCH3 is 1. The number of carboxylic acids is 1. The van der Waals surface area contributed by atoms with Gasteiger partial charge in [0.1, 0.15) is 5.75 Å². The summed E-state index contributed by atoms with van der Waals surface area (Å²) in [6.45, 7) is 3.51. The summed E-state index contributed by atoms with van der Waals surface area (Å²) >= 11 is 3.55. The molecule has 2 rings (SSSR count). The van der Waals surface area contributed by atoms with Gasteiger partial charge in [0, 0.05) is 23.6 Å². The van der Waals surface area contributed by atoms with E-state index >= 15 is 0 Å². The van der Waals surface area contributed by atoms with E-state index < -0.39 is 5.97 Å². The Balaban J connectivity index is 2.13. The highest BCUT2D eigenvalue weighted by molar-refractivity contribution is 9.10. The molecule has 0 radical (unpaired) electrons. The third-order valence-electron chi connectivity index (χ3n) is 3.99. The van der Waals surface area contributed by atoms with E-state index in [4.69, 9.17) is 4.74 Å². The summed E-state index contributed by atoms with van der Waals surface area (Å²) in [5.74, 6) is -0.121. The van der Waals surface area contributed by atoms with Crippen molar-refractivity contribution in [1.29, 1.82) is 0 Å². The third kappa shape index (κ3) is 3.52. The largest absolute Gasteiger partial charge is 0.497 e. The predicted molar refractivity (Wildman–Crippen MR) is 80.9 cm³/mol. The minimum Gasteiger partial charge on any atom is -0.497 e. The number of hydrogen-bond donors (Lipinski definition) is 1. The number of halogens is 1. The second-order valence-electron chi connectivity index (χ2n) is 5.35. The molecule has 1 saturated heterocycles. The van der Waals surface area contributed by atoms with E-state index in [1.165, 1.54) is 0 Å².